The Kier molecular flexibility index (Phi) is 37.8. The van der Waals surface area contributed by atoms with Crippen LogP contribution in [-0.4, -0.2) is 48.9 Å². The van der Waals surface area contributed by atoms with Gasteiger partial charge in [0.25, 0.3) is 0 Å². The van der Waals surface area contributed by atoms with E-state index in [-0.39, 0.29) is 20.8 Å². The van der Waals surface area contributed by atoms with Gasteiger partial charge in [-0.2, -0.15) is 0 Å². The molecule has 0 heterocycles. The van der Waals surface area contributed by atoms with E-state index < -0.39 is 0 Å². The van der Waals surface area contributed by atoms with Gasteiger partial charge in [0, 0.05) is 42.7 Å². The second-order valence-corrected chi connectivity index (χ2v) is 9.74. The SMILES string of the molecule is CCCCN(CCCC)C(=S)S.CCCCN(CCCC)C(=S)S.NC(=S)S.[Ni]. The summed E-state index contributed by atoms with van der Waals surface area (Å²) < 4.78 is 1.69. The number of hydrogen-bond donors (Lipinski definition) is 4. The van der Waals surface area contributed by atoms with Gasteiger partial charge in [0.1, 0.15) is 13.0 Å². The van der Waals surface area contributed by atoms with E-state index in [1.807, 2.05) is 0 Å². The summed E-state index contributed by atoms with van der Waals surface area (Å²) in [7, 11) is 0. The molecule has 0 spiro atoms. The fourth-order valence-corrected chi connectivity index (χ4v) is 2.77. The molecule has 0 atom stereocenters. The maximum Gasteiger partial charge on any atom is 0.133 e. The molecule has 3 nitrogen and oxygen atoms in total. The molecule has 0 fully saturated rings. The van der Waals surface area contributed by atoms with Gasteiger partial charge in [-0.3, -0.25) is 0 Å². The first-order chi connectivity index (χ1) is 13.2. The molecule has 0 radical (unpaired) electrons. The van der Waals surface area contributed by atoms with Crippen LogP contribution in [0.3, 0.4) is 0 Å². The summed E-state index contributed by atoms with van der Waals surface area (Å²) >= 11 is 26.1. The number of unbranched alkanes of at least 4 members (excludes halogenated alkanes) is 4. The molecule has 0 aromatic heterocycles. The summed E-state index contributed by atoms with van der Waals surface area (Å²) in [6.07, 6.45) is 9.74. The first kappa shape index (κ1) is 37.5. The number of thiol groups is 3. The van der Waals surface area contributed by atoms with E-state index in [4.69, 9.17) is 30.2 Å². The first-order valence-corrected chi connectivity index (χ1v) is 12.7. The molecule has 0 saturated heterocycles. The van der Waals surface area contributed by atoms with Crippen LogP contribution >= 0.6 is 74.5 Å². The number of hydrogen-bond acceptors (Lipinski definition) is 3. The minimum absolute atomic E-state index is 0. The number of rotatable bonds is 12. The van der Waals surface area contributed by atoms with Gasteiger partial charge in [-0.25, -0.2) is 0 Å². The average molecular weight is 563 g/mol. The van der Waals surface area contributed by atoms with Crippen molar-refractivity contribution in [2.75, 3.05) is 26.2 Å². The van der Waals surface area contributed by atoms with Crippen molar-refractivity contribution in [3.63, 3.8) is 0 Å². The van der Waals surface area contributed by atoms with Gasteiger partial charge in [0.05, 0.1) is 0 Å². The maximum atomic E-state index is 5.03. The molecule has 0 aliphatic rings. The zero-order valence-corrected chi connectivity index (χ0v) is 24.5. The fraction of sp³-hybridized carbons (Fsp3) is 0.842. The third kappa shape index (κ3) is 34.0. The molecule has 2 N–H and O–H groups in total. The van der Waals surface area contributed by atoms with E-state index in [1.54, 1.807) is 0 Å². The summed E-state index contributed by atoms with van der Waals surface area (Å²) in [5.41, 5.74) is 4.71. The summed E-state index contributed by atoms with van der Waals surface area (Å²) in [5, 5.41) is 0. The second-order valence-electron chi connectivity index (χ2n) is 6.29. The predicted octanol–water partition coefficient (Wildman–Crippen LogP) is 6.36. The van der Waals surface area contributed by atoms with E-state index in [1.165, 1.54) is 51.4 Å². The van der Waals surface area contributed by atoms with Crippen molar-refractivity contribution in [1.82, 2.24) is 9.80 Å². The van der Waals surface area contributed by atoms with Crippen LogP contribution in [-0.2, 0) is 16.5 Å². The van der Waals surface area contributed by atoms with Crippen LogP contribution in [0.1, 0.15) is 79.1 Å². The molecule has 10 heteroatoms. The topological polar surface area (TPSA) is 32.5 Å². The summed E-state index contributed by atoms with van der Waals surface area (Å²) in [6, 6.07) is 0. The Morgan fingerprint density at radius 3 is 0.897 bits per heavy atom. The Morgan fingerprint density at radius 1 is 0.621 bits per heavy atom. The minimum atomic E-state index is 0. The number of thiocarbonyl (C=S) groups is 3. The van der Waals surface area contributed by atoms with Gasteiger partial charge >= 0.3 is 0 Å². The van der Waals surface area contributed by atoms with Crippen LogP contribution in [0.25, 0.3) is 0 Å². The van der Waals surface area contributed by atoms with Crippen molar-refractivity contribution < 1.29 is 16.5 Å². The Morgan fingerprint density at radius 2 is 0.793 bits per heavy atom. The molecule has 0 rings (SSSR count). The smallest absolute Gasteiger partial charge is 0.133 e. The van der Waals surface area contributed by atoms with Crippen molar-refractivity contribution in [1.29, 1.82) is 0 Å². The van der Waals surface area contributed by atoms with E-state index >= 15 is 0 Å². The largest absolute Gasteiger partial charge is 0.385 e. The normalized spacial score (nSPS) is 9.07. The van der Waals surface area contributed by atoms with E-state index in [0.717, 1.165) is 34.8 Å². The van der Waals surface area contributed by atoms with Gasteiger partial charge in [0.15, 0.2) is 0 Å². The predicted molar refractivity (Wildman–Crippen MR) is 152 cm³/mol. The van der Waals surface area contributed by atoms with E-state index in [2.05, 4.69) is 87.6 Å². The van der Waals surface area contributed by atoms with Crippen LogP contribution in [0.5, 0.6) is 0 Å². The zero-order chi connectivity index (χ0) is 22.4. The Labute approximate surface area is 223 Å². The number of nitrogens with two attached hydrogens (primary N) is 1. The monoisotopic (exact) mass is 561 g/mol. The first-order valence-electron chi connectivity index (χ1n) is 10.1. The standard InChI is InChI=1S/2C9H19NS2.CH3NS2.Ni/c2*1-3-5-7-10(9(11)12)8-6-4-2;2-1(3)4;/h2*3-8H2,1-2H3,(H,11,12);(H3,2,3,4);. The molecule has 0 amide bonds. The average Bonchev–Trinajstić information content (AvgIpc) is 2.61. The molecular weight excluding hydrogens is 521 g/mol. The van der Waals surface area contributed by atoms with Crippen molar-refractivity contribution in [2.45, 2.75) is 79.1 Å². The van der Waals surface area contributed by atoms with Crippen molar-refractivity contribution in [2.24, 2.45) is 5.73 Å². The molecule has 0 aliphatic heterocycles. The molecule has 0 unspecified atom stereocenters. The van der Waals surface area contributed by atoms with Crippen LogP contribution in [0, 0.1) is 0 Å². The summed E-state index contributed by atoms with van der Waals surface area (Å²) in [5.74, 6) is 0. The molecule has 29 heavy (non-hydrogen) atoms. The summed E-state index contributed by atoms with van der Waals surface area (Å²) in [6.45, 7) is 13.0. The van der Waals surface area contributed by atoms with Gasteiger partial charge in [-0.05, 0) is 25.7 Å². The van der Waals surface area contributed by atoms with E-state index in [9.17, 15) is 0 Å². The fourth-order valence-electron chi connectivity index (χ4n) is 2.00. The van der Waals surface area contributed by atoms with Crippen LogP contribution < -0.4 is 5.73 Å². The second kappa shape index (κ2) is 29.2. The molecular formula is C19H41N3NiS6. The van der Waals surface area contributed by atoms with Crippen molar-refractivity contribution >= 4 is 87.5 Å². The molecule has 0 aromatic rings. The Balaban J connectivity index is -0.000000177. The Bertz CT molecular complexity index is 350. The van der Waals surface area contributed by atoms with Crippen molar-refractivity contribution in [3.05, 3.63) is 0 Å². The van der Waals surface area contributed by atoms with E-state index in [0.29, 0.717) is 0 Å². The van der Waals surface area contributed by atoms with Gasteiger partial charge in [-0.1, -0.05) is 90.0 Å². The third-order valence-corrected chi connectivity index (χ3v) is 4.75. The van der Waals surface area contributed by atoms with Gasteiger partial charge in [0.2, 0.25) is 0 Å². The molecule has 178 valence electrons. The Hall–Kier alpha value is 1.21. The summed E-state index contributed by atoms with van der Waals surface area (Å²) in [4.78, 5) is 4.37. The van der Waals surface area contributed by atoms with Crippen LogP contribution in [0.4, 0.5) is 0 Å². The minimum Gasteiger partial charge on any atom is -0.385 e. The van der Waals surface area contributed by atoms with Crippen LogP contribution in [0.15, 0.2) is 0 Å². The van der Waals surface area contributed by atoms with Gasteiger partial charge < -0.3 is 15.5 Å². The number of nitrogens with zero attached hydrogens (tertiary/aromatic N) is 2. The van der Waals surface area contributed by atoms with Crippen LogP contribution in [0.2, 0.25) is 0 Å². The maximum absolute atomic E-state index is 5.03. The molecule has 0 aliphatic carbocycles. The molecule has 0 saturated carbocycles. The third-order valence-electron chi connectivity index (χ3n) is 3.67. The quantitative estimate of drug-likeness (QED) is 0.126. The molecule has 0 bridgehead atoms. The van der Waals surface area contributed by atoms with Crippen molar-refractivity contribution in [3.8, 4) is 0 Å². The zero-order valence-electron chi connectivity index (χ0n) is 18.3. The molecule has 0 aromatic carbocycles. The van der Waals surface area contributed by atoms with Gasteiger partial charge in [-0.15, -0.1) is 37.9 Å².